The van der Waals surface area contributed by atoms with Crippen LogP contribution in [0.15, 0.2) is 36.4 Å². The van der Waals surface area contributed by atoms with Gasteiger partial charge >= 0.3 is 0 Å². The van der Waals surface area contributed by atoms with E-state index in [9.17, 15) is 10.1 Å². The van der Waals surface area contributed by atoms with Crippen molar-refractivity contribution in [3.8, 4) is 11.5 Å². The molecule has 2 aliphatic rings. The molecule has 8 nitrogen and oxygen atoms in total. The van der Waals surface area contributed by atoms with Crippen molar-refractivity contribution in [2.24, 2.45) is 0 Å². The van der Waals surface area contributed by atoms with Crippen LogP contribution in [0.2, 0.25) is 0 Å². The summed E-state index contributed by atoms with van der Waals surface area (Å²) >= 11 is 0. The third-order valence-electron chi connectivity index (χ3n) is 5.82. The third kappa shape index (κ3) is 4.20. The molecule has 0 atom stereocenters. The summed E-state index contributed by atoms with van der Waals surface area (Å²) in [6.07, 6.45) is 1.92. The molecule has 1 saturated heterocycles. The van der Waals surface area contributed by atoms with Crippen molar-refractivity contribution in [2.75, 3.05) is 39.0 Å². The summed E-state index contributed by atoms with van der Waals surface area (Å²) in [4.78, 5) is 15.7. The highest BCUT2D eigenvalue weighted by Gasteiger charge is 2.30. The molecular weight excluding hydrogens is 386 g/mol. The van der Waals surface area contributed by atoms with Crippen LogP contribution in [0.4, 0.5) is 11.4 Å². The molecule has 4 rings (SSSR count). The lowest BCUT2D eigenvalue weighted by Gasteiger charge is -2.44. The molecule has 0 amide bonds. The lowest BCUT2D eigenvalue weighted by molar-refractivity contribution is -0.384. The summed E-state index contributed by atoms with van der Waals surface area (Å²) in [5, 5.41) is 11.3. The largest absolute Gasteiger partial charge is 0.493 e. The molecule has 2 heterocycles. The second kappa shape index (κ2) is 8.89. The summed E-state index contributed by atoms with van der Waals surface area (Å²) in [6.45, 7) is 3.63. The molecule has 0 radical (unpaired) electrons. The van der Waals surface area contributed by atoms with Crippen LogP contribution in [0, 0.1) is 10.1 Å². The fourth-order valence-corrected chi connectivity index (χ4v) is 4.33. The molecule has 160 valence electrons. The Labute approximate surface area is 176 Å². The van der Waals surface area contributed by atoms with Gasteiger partial charge in [-0.25, -0.2) is 0 Å². The Hall–Kier alpha value is -2.84. The molecular formula is C22H27N3O5. The standard InChI is InChI=1S/C22H27N3O5/c1-28-21-6-3-16(11-22(21)29-2)13-23-14-17-12-19(25(26)27)4-5-20(17)24(15-23)18-7-9-30-10-8-18/h3-6,11-12,18H,7-10,13-15H2,1-2H3. The van der Waals surface area contributed by atoms with Gasteiger partial charge in [-0.1, -0.05) is 6.07 Å². The first kappa shape index (κ1) is 20.4. The molecule has 2 aromatic rings. The number of nitrogens with zero attached hydrogens (tertiary/aromatic N) is 3. The summed E-state index contributed by atoms with van der Waals surface area (Å²) in [7, 11) is 3.25. The molecule has 1 fully saturated rings. The minimum absolute atomic E-state index is 0.133. The minimum atomic E-state index is -0.327. The van der Waals surface area contributed by atoms with Crippen molar-refractivity contribution >= 4 is 11.4 Å². The summed E-state index contributed by atoms with van der Waals surface area (Å²) in [5.74, 6) is 1.40. The number of methoxy groups -OCH3 is 2. The summed E-state index contributed by atoms with van der Waals surface area (Å²) in [5.41, 5.74) is 3.32. The van der Waals surface area contributed by atoms with E-state index < -0.39 is 0 Å². The predicted octanol–water partition coefficient (Wildman–Crippen LogP) is 3.57. The number of rotatable bonds is 6. The first-order valence-corrected chi connectivity index (χ1v) is 10.1. The van der Waals surface area contributed by atoms with Crippen molar-refractivity contribution in [3.05, 3.63) is 57.6 Å². The van der Waals surface area contributed by atoms with E-state index in [0.717, 1.165) is 49.5 Å². The molecule has 0 N–H and O–H groups in total. The van der Waals surface area contributed by atoms with Gasteiger partial charge in [0, 0.05) is 50.2 Å². The quantitative estimate of drug-likeness (QED) is 0.529. The van der Waals surface area contributed by atoms with Crippen LogP contribution in [-0.4, -0.2) is 50.0 Å². The number of fused-ring (bicyclic) bond motifs is 1. The first-order chi connectivity index (χ1) is 14.6. The Morgan fingerprint density at radius 2 is 1.87 bits per heavy atom. The smallest absolute Gasteiger partial charge is 0.269 e. The highest BCUT2D eigenvalue weighted by molar-refractivity contribution is 5.60. The van der Waals surface area contributed by atoms with Gasteiger partial charge in [-0.05, 0) is 42.2 Å². The number of anilines is 1. The molecule has 0 saturated carbocycles. The highest BCUT2D eigenvalue weighted by Crippen LogP contribution is 2.35. The Balaban J connectivity index is 1.62. The molecule has 2 aromatic carbocycles. The van der Waals surface area contributed by atoms with Crippen molar-refractivity contribution in [1.82, 2.24) is 4.90 Å². The maximum absolute atomic E-state index is 11.3. The Kier molecular flexibility index (Phi) is 6.06. The number of non-ortho nitro benzene ring substituents is 1. The zero-order chi connectivity index (χ0) is 21.1. The maximum atomic E-state index is 11.3. The van der Waals surface area contributed by atoms with E-state index in [2.05, 4.69) is 9.80 Å². The van der Waals surface area contributed by atoms with Gasteiger partial charge < -0.3 is 19.1 Å². The average molecular weight is 413 g/mol. The van der Waals surface area contributed by atoms with E-state index in [1.165, 1.54) is 0 Å². The van der Waals surface area contributed by atoms with Crippen LogP contribution < -0.4 is 14.4 Å². The SMILES string of the molecule is COc1ccc(CN2Cc3cc([N+](=O)[O-])ccc3N(C3CCOCC3)C2)cc1OC. The molecule has 0 aromatic heterocycles. The van der Waals surface area contributed by atoms with E-state index in [1.807, 2.05) is 24.3 Å². The van der Waals surface area contributed by atoms with Gasteiger partial charge in [0.15, 0.2) is 11.5 Å². The van der Waals surface area contributed by atoms with Crippen molar-refractivity contribution in [2.45, 2.75) is 32.0 Å². The van der Waals surface area contributed by atoms with E-state index in [-0.39, 0.29) is 10.6 Å². The lowest BCUT2D eigenvalue weighted by atomic mass is 10.0. The molecule has 8 heteroatoms. The highest BCUT2D eigenvalue weighted by atomic mass is 16.6. The zero-order valence-electron chi connectivity index (χ0n) is 17.4. The van der Waals surface area contributed by atoms with Crippen LogP contribution in [0.1, 0.15) is 24.0 Å². The maximum Gasteiger partial charge on any atom is 0.269 e. The number of hydrogen-bond acceptors (Lipinski definition) is 7. The number of nitro benzene ring substituents is 1. The zero-order valence-corrected chi connectivity index (χ0v) is 17.4. The van der Waals surface area contributed by atoms with Gasteiger partial charge in [-0.15, -0.1) is 0 Å². The molecule has 0 aliphatic carbocycles. The third-order valence-corrected chi connectivity index (χ3v) is 5.82. The molecule has 2 aliphatic heterocycles. The topological polar surface area (TPSA) is 77.3 Å². The van der Waals surface area contributed by atoms with Crippen molar-refractivity contribution in [1.29, 1.82) is 0 Å². The van der Waals surface area contributed by atoms with Gasteiger partial charge in [0.25, 0.3) is 5.69 Å². The number of hydrogen-bond donors (Lipinski definition) is 0. The van der Waals surface area contributed by atoms with Crippen LogP contribution in [0.25, 0.3) is 0 Å². The van der Waals surface area contributed by atoms with Crippen LogP contribution in [0.5, 0.6) is 11.5 Å². The Bertz CT molecular complexity index is 914. The van der Waals surface area contributed by atoms with Crippen LogP contribution in [0.3, 0.4) is 0 Å². The Morgan fingerprint density at radius 1 is 1.10 bits per heavy atom. The number of ether oxygens (including phenoxy) is 3. The van der Waals surface area contributed by atoms with Crippen molar-refractivity contribution in [3.63, 3.8) is 0 Å². The second-order valence-corrected chi connectivity index (χ2v) is 7.70. The van der Waals surface area contributed by atoms with E-state index in [1.54, 1.807) is 26.4 Å². The van der Waals surface area contributed by atoms with Gasteiger partial charge in [0.2, 0.25) is 0 Å². The van der Waals surface area contributed by atoms with Crippen LogP contribution in [-0.2, 0) is 17.8 Å². The van der Waals surface area contributed by atoms with E-state index in [4.69, 9.17) is 14.2 Å². The first-order valence-electron chi connectivity index (χ1n) is 10.1. The van der Waals surface area contributed by atoms with Gasteiger partial charge in [-0.3, -0.25) is 15.0 Å². The fraction of sp³-hybridized carbons (Fsp3) is 0.455. The second-order valence-electron chi connectivity index (χ2n) is 7.70. The molecule has 30 heavy (non-hydrogen) atoms. The molecule has 0 spiro atoms. The van der Waals surface area contributed by atoms with Gasteiger partial charge in [0.05, 0.1) is 25.8 Å². The number of benzene rings is 2. The monoisotopic (exact) mass is 413 g/mol. The number of nitro groups is 1. The van der Waals surface area contributed by atoms with Gasteiger partial charge in [0.1, 0.15) is 0 Å². The summed E-state index contributed by atoms with van der Waals surface area (Å²) < 4.78 is 16.3. The molecule has 0 bridgehead atoms. The van der Waals surface area contributed by atoms with Crippen molar-refractivity contribution < 1.29 is 19.1 Å². The van der Waals surface area contributed by atoms with Crippen LogP contribution >= 0.6 is 0 Å². The Morgan fingerprint density at radius 3 is 2.57 bits per heavy atom. The molecule has 0 unspecified atom stereocenters. The predicted molar refractivity (Wildman–Crippen MR) is 113 cm³/mol. The van der Waals surface area contributed by atoms with Gasteiger partial charge in [-0.2, -0.15) is 0 Å². The lowest BCUT2D eigenvalue weighted by Crippen LogP contribution is -2.49. The fourth-order valence-electron chi connectivity index (χ4n) is 4.33. The summed E-state index contributed by atoms with van der Waals surface area (Å²) in [6, 6.07) is 11.5. The minimum Gasteiger partial charge on any atom is -0.493 e. The average Bonchev–Trinajstić information content (AvgIpc) is 2.78. The van der Waals surface area contributed by atoms with E-state index in [0.29, 0.717) is 30.6 Å². The normalized spacial score (nSPS) is 17.5. The van der Waals surface area contributed by atoms with E-state index >= 15 is 0 Å².